The maximum absolute atomic E-state index is 12.0. The van der Waals surface area contributed by atoms with Crippen LogP contribution in [0.1, 0.15) is 15.9 Å². The third-order valence-corrected chi connectivity index (χ3v) is 3.73. The number of hydrogen-bond donors (Lipinski definition) is 0. The predicted octanol–water partition coefficient (Wildman–Crippen LogP) is 1.54. The van der Waals surface area contributed by atoms with Gasteiger partial charge in [-0.3, -0.25) is 4.79 Å². The van der Waals surface area contributed by atoms with Crippen molar-refractivity contribution in [2.24, 2.45) is 0 Å². The second kappa shape index (κ2) is 6.20. The zero-order valence-corrected chi connectivity index (χ0v) is 12.0. The first-order valence-corrected chi connectivity index (χ1v) is 8.01. The van der Waals surface area contributed by atoms with E-state index in [9.17, 15) is 13.2 Å². The maximum Gasteiger partial charge on any atom is 0.253 e. The van der Waals surface area contributed by atoms with Crippen molar-refractivity contribution in [1.82, 2.24) is 4.90 Å². The van der Waals surface area contributed by atoms with Gasteiger partial charge >= 0.3 is 0 Å². The monoisotopic (exact) mass is 289 g/mol. The minimum Gasteiger partial charge on any atom is -0.341 e. The molecule has 0 bridgehead atoms. The molecule has 6 heteroatoms. The number of hydrogen-bond acceptors (Lipinski definition) is 3. The first-order valence-electron chi connectivity index (χ1n) is 5.41. The molecule has 0 aromatic heterocycles. The second-order valence-electron chi connectivity index (χ2n) is 4.19. The molecule has 0 aliphatic rings. The van der Waals surface area contributed by atoms with Crippen molar-refractivity contribution in [3.8, 4) is 0 Å². The first kappa shape index (κ1) is 15.0. The van der Waals surface area contributed by atoms with Crippen LogP contribution >= 0.6 is 11.6 Å². The van der Waals surface area contributed by atoms with Crippen LogP contribution < -0.4 is 0 Å². The molecule has 0 spiro atoms. The number of rotatable bonds is 5. The Balaban J connectivity index is 2.68. The number of sulfone groups is 1. The van der Waals surface area contributed by atoms with Crippen molar-refractivity contribution in [2.45, 2.75) is 5.88 Å². The molecule has 1 amide bonds. The van der Waals surface area contributed by atoms with Crippen molar-refractivity contribution in [1.29, 1.82) is 0 Å². The number of amides is 1. The van der Waals surface area contributed by atoms with E-state index in [2.05, 4.69) is 0 Å². The lowest BCUT2D eigenvalue weighted by Crippen LogP contribution is -2.31. The molecule has 0 saturated carbocycles. The van der Waals surface area contributed by atoms with Gasteiger partial charge < -0.3 is 4.90 Å². The van der Waals surface area contributed by atoms with Gasteiger partial charge in [-0.15, -0.1) is 11.6 Å². The molecule has 18 heavy (non-hydrogen) atoms. The van der Waals surface area contributed by atoms with E-state index >= 15 is 0 Å². The normalized spacial score (nSPS) is 11.3. The summed E-state index contributed by atoms with van der Waals surface area (Å²) in [5.74, 6) is 0.174. The van der Waals surface area contributed by atoms with Crippen LogP contribution in [0, 0.1) is 0 Å². The average Bonchev–Trinajstić information content (AvgIpc) is 2.34. The summed E-state index contributed by atoms with van der Waals surface area (Å²) in [4.78, 5) is 13.4. The van der Waals surface area contributed by atoms with Gasteiger partial charge in [-0.1, -0.05) is 12.1 Å². The number of carbonyl (C=O) groups excluding carboxylic acids is 1. The van der Waals surface area contributed by atoms with E-state index < -0.39 is 9.84 Å². The number of alkyl halides is 1. The third-order valence-electron chi connectivity index (χ3n) is 2.50. The highest BCUT2D eigenvalue weighted by molar-refractivity contribution is 7.90. The van der Waals surface area contributed by atoms with Gasteiger partial charge in [0.25, 0.3) is 5.91 Å². The molecule has 0 radical (unpaired) electrons. The van der Waals surface area contributed by atoms with Crippen LogP contribution in [0.5, 0.6) is 0 Å². The van der Waals surface area contributed by atoms with Crippen LogP contribution in [-0.4, -0.2) is 44.8 Å². The van der Waals surface area contributed by atoms with Crippen molar-refractivity contribution >= 4 is 27.3 Å². The topological polar surface area (TPSA) is 54.5 Å². The molecular formula is C12H16ClNO3S. The van der Waals surface area contributed by atoms with Crippen LogP contribution in [0.25, 0.3) is 0 Å². The molecule has 0 saturated heterocycles. The van der Waals surface area contributed by atoms with E-state index in [0.717, 1.165) is 11.8 Å². The molecule has 1 aromatic carbocycles. The molecule has 1 rings (SSSR count). The summed E-state index contributed by atoms with van der Waals surface area (Å²) in [5, 5.41) is 0. The van der Waals surface area contributed by atoms with Gasteiger partial charge in [-0.25, -0.2) is 8.42 Å². The SMILES string of the molecule is CN(CCS(C)(=O)=O)C(=O)c1ccc(CCl)cc1. The van der Waals surface area contributed by atoms with Crippen molar-refractivity contribution in [2.75, 3.05) is 25.6 Å². The number of halogens is 1. The van der Waals surface area contributed by atoms with Gasteiger partial charge in [0.15, 0.2) is 0 Å². The van der Waals surface area contributed by atoms with Gasteiger partial charge in [-0.2, -0.15) is 0 Å². The Labute approximate surface area is 112 Å². The van der Waals surface area contributed by atoms with E-state index in [1.54, 1.807) is 31.3 Å². The van der Waals surface area contributed by atoms with Crippen molar-refractivity contribution < 1.29 is 13.2 Å². The van der Waals surface area contributed by atoms with Gasteiger partial charge in [0.05, 0.1) is 5.75 Å². The highest BCUT2D eigenvalue weighted by Gasteiger charge is 2.13. The third kappa shape index (κ3) is 4.66. The Morgan fingerprint density at radius 1 is 1.28 bits per heavy atom. The van der Waals surface area contributed by atoms with Gasteiger partial charge in [0.2, 0.25) is 0 Å². The van der Waals surface area contributed by atoms with E-state index in [0.29, 0.717) is 11.4 Å². The molecule has 0 N–H and O–H groups in total. The lowest BCUT2D eigenvalue weighted by Gasteiger charge is -2.16. The molecule has 0 unspecified atom stereocenters. The lowest BCUT2D eigenvalue weighted by molar-refractivity contribution is 0.0803. The molecule has 0 atom stereocenters. The van der Waals surface area contributed by atoms with Crippen LogP contribution in [-0.2, 0) is 15.7 Å². The lowest BCUT2D eigenvalue weighted by atomic mass is 10.1. The zero-order chi connectivity index (χ0) is 13.8. The van der Waals surface area contributed by atoms with E-state index in [4.69, 9.17) is 11.6 Å². The summed E-state index contributed by atoms with van der Waals surface area (Å²) in [6, 6.07) is 6.95. The molecule has 0 aliphatic carbocycles. The standard InChI is InChI=1S/C12H16ClNO3S/c1-14(7-8-18(2,16)17)12(15)11-5-3-10(9-13)4-6-11/h3-6H,7-9H2,1-2H3. The Morgan fingerprint density at radius 3 is 2.28 bits per heavy atom. The highest BCUT2D eigenvalue weighted by Crippen LogP contribution is 2.09. The highest BCUT2D eigenvalue weighted by atomic mass is 35.5. The minimum atomic E-state index is -3.06. The van der Waals surface area contributed by atoms with Gasteiger partial charge in [0.1, 0.15) is 9.84 Å². The summed E-state index contributed by atoms with van der Waals surface area (Å²) in [7, 11) is -1.47. The molecule has 1 aromatic rings. The summed E-state index contributed by atoms with van der Waals surface area (Å²) < 4.78 is 22.1. The fraction of sp³-hybridized carbons (Fsp3) is 0.417. The maximum atomic E-state index is 12.0. The summed E-state index contributed by atoms with van der Waals surface area (Å²) in [5.41, 5.74) is 1.46. The fourth-order valence-electron chi connectivity index (χ4n) is 1.36. The van der Waals surface area contributed by atoms with Crippen molar-refractivity contribution in [3.05, 3.63) is 35.4 Å². The van der Waals surface area contributed by atoms with Gasteiger partial charge in [0, 0.05) is 31.3 Å². The van der Waals surface area contributed by atoms with Crippen molar-refractivity contribution in [3.63, 3.8) is 0 Å². The van der Waals surface area contributed by atoms with Crippen LogP contribution in [0.4, 0.5) is 0 Å². The summed E-state index contributed by atoms with van der Waals surface area (Å²) in [6.07, 6.45) is 1.15. The van der Waals surface area contributed by atoms with E-state index in [1.165, 1.54) is 4.90 Å². The first-order chi connectivity index (χ1) is 8.33. The average molecular weight is 290 g/mol. The molecule has 0 aliphatic heterocycles. The molecule has 0 fully saturated rings. The predicted molar refractivity (Wildman–Crippen MR) is 72.7 cm³/mol. The molecular weight excluding hydrogens is 274 g/mol. The van der Waals surface area contributed by atoms with Crippen LogP contribution in [0.3, 0.4) is 0 Å². The van der Waals surface area contributed by atoms with E-state index in [1.807, 2.05) is 0 Å². The van der Waals surface area contributed by atoms with Crippen LogP contribution in [0.15, 0.2) is 24.3 Å². The van der Waals surface area contributed by atoms with Crippen LogP contribution in [0.2, 0.25) is 0 Å². The summed E-state index contributed by atoms with van der Waals surface area (Å²) >= 11 is 5.66. The molecule has 0 heterocycles. The van der Waals surface area contributed by atoms with E-state index in [-0.39, 0.29) is 18.2 Å². The summed E-state index contributed by atoms with van der Waals surface area (Å²) in [6.45, 7) is 0.189. The fourth-order valence-corrected chi connectivity index (χ4v) is 2.14. The molecule has 4 nitrogen and oxygen atoms in total. The number of benzene rings is 1. The Kier molecular flexibility index (Phi) is 5.16. The zero-order valence-electron chi connectivity index (χ0n) is 10.4. The molecule has 100 valence electrons. The number of nitrogens with zero attached hydrogens (tertiary/aromatic N) is 1. The number of carbonyl (C=O) groups is 1. The largest absolute Gasteiger partial charge is 0.341 e. The second-order valence-corrected chi connectivity index (χ2v) is 6.71. The Hall–Kier alpha value is -1.07. The Morgan fingerprint density at radius 2 is 1.83 bits per heavy atom. The Bertz CT molecular complexity index is 511. The quantitative estimate of drug-likeness (QED) is 0.773. The smallest absolute Gasteiger partial charge is 0.253 e. The van der Waals surface area contributed by atoms with Gasteiger partial charge in [-0.05, 0) is 17.7 Å². The minimum absolute atomic E-state index is 0.0327.